The van der Waals surface area contributed by atoms with Crippen LogP contribution in [0.25, 0.3) is 0 Å². The number of aliphatic hydroxyl groups excluding tert-OH is 2. The van der Waals surface area contributed by atoms with Gasteiger partial charge in [0.15, 0.2) is 0 Å². The molecule has 0 aromatic heterocycles. The normalized spacial score (nSPS) is 26.4. The van der Waals surface area contributed by atoms with Crippen molar-refractivity contribution in [2.75, 3.05) is 13.7 Å². The Kier molecular flexibility index (Phi) is 11.1. The highest BCUT2D eigenvalue weighted by molar-refractivity contribution is 5.78. The van der Waals surface area contributed by atoms with E-state index >= 15 is 0 Å². The summed E-state index contributed by atoms with van der Waals surface area (Å²) in [6.07, 6.45) is -5.57. The Balaban J connectivity index is 2.41. The Labute approximate surface area is 206 Å². The number of amides is 1. The Morgan fingerprint density at radius 2 is 1.83 bits per heavy atom. The quantitative estimate of drug-likeness (QED) is 0.366. The van der Waals surface area contributed by atoms with Gasteiger partial charge in [0, 0.05) is 13.3 Å². The number of hydrogen-bond acceptors (Lipinski definition) is 9. The van der Waals surface area contributed by atoms with Crippen molar-refractivity contribution in [3.63, 3.8) is 0 Å². The molecule has 1 aliphatic rings. The van der Waals surface area contributed by atoms with Gasteiger partial charge in [-0.2, -0.15) is 0 Å². The maximum atomic E-state index is 12.9. The highest BCUT2D eigenvalue weighted by Crippen LogP contribution is 2.35. The largest absolute Gasteiger partial charge is 0.465 e. The summed E-state index contributed by atoms with van der Waals surface area (Å²) in [6, 6.07) is 8.07. The van der Waals surface area contributed by atoms with Gasteiger partial charge in [0.2, 0.25) is 5.91 Å². The number of carbonyl (C=O) groups is 2. The van der Waals surface area contributed by atoms with Crippen molar-refractivity contribution in [2.45, 2.75) is 96.1 Å². The number of nitrogens with one attached hydrogen (secondary N) is 1. The number of methoxy groups -OCH3 is 1. The molecule has 1 aromatic rings. The van der Waals surface area contributed by atoms with E-state index in [1.807, 2.05) is 44.2 Å². The molecule has 0 bridgehead atoms. The first-order valence-electron chi connectivity index (χ1n) is 11.8. The van der Waals surface area contributed by atoms with Crippen molar-refractivity contribution in [1.29, 1.82) is 0 Å². The molecule has 0 spiro atoms. The fourth-order valence-electron chi connectivity index (χ4n) is 3.94. The molecule has 1 saturated heterocycles. The lowest BCUT2D eigenvalue weighted by Gasteiger charge is -2.47. The molecule has 10 nitrogen and oxygen atoms in total. The van der Waals surface area contributed by atoms with Crippen LogP contribution in [0.1, 0.15) is 46.6 Å². The summed E-state index contributed by atoms with van der Waals surface area (Å²) in [4.78, 5) is 24.8. The molecule has 35 heavy (non-hydrogen) atoms. The maximum absolute atomic E-state index is 12.9. The summed E-state index contributed by atoms with van der Waals surface area (Å²) in [5.74, 6) is -3.33. The third-order valence-electron chi connectivity index (χ3n) is 5.51. The number of hydrogen-bond donors (Lipinski definition) is 3. The van der Waals surface area contributed by atoms with E-state index in [1.54, 1.807) is 13.8 Å². The molecule has 10 heteroatoms. The van der Waals surface area contributed by atoms with Crippen molar-refractivity contribution in [3.05, 3.63) is 35.9 Å². The standard InChI is InChI=1S/C25H39NO9/c1-15(2)32-14-20(34-16(3)4)22(29)23-21(26-17(5)27)19(28)12-25(35-23,24(30)31-6)33-13-18-10-8-7-9-11-18/h7-11,15-16,19-23,28-29H,12-14H2,1-6H3,(H,26,27)/t19-,20+,21+,22+,23+,25+/m0/s1. The van der Waals surface area contributed by atoms with E-state index in [4.69, 9.17) is 23.7 Å². The first kappa shape index (κ1) is 29.2. The van der Waals surface area contributed by atoms with Crippen LogP contribution in [0.4, 0.5) is 0 Å². The molecule has 0 aliphatic carbocycles. The monoisotopic (exact) mass is 497 g/mol. The first-order chi connectivity index (χ1) is 16.5. The van der Waals surface area contributed by atoms with Crippen molar-refractivity contribution >= 4 is 11.9 Å². The van der Waals surface area contributed by atoms with Gasteiger partial charge >= 0.3 is 5.97 Å². The number of carbonyl (C=O) groups excluding carboxylic acids is 2. The van der Waals surface area contributed by atoms with Gasteiger partial charge < -0.3 is 39.2 Å². The molecule has 1 amide bonds. The molecule has 1 aliphatic heterocycles. The zero-order valence-corrected chi connectivity index (χ0v) is 21.3. The summed E-state index contributed by atoms with van der Waals surface area (Å²) >= 11 is 0. The molecule has 3 N–H and O–H groups in total. The number of benzene rings is 1. The average molecular weight is 498 g/mol. The fourth-order valence-corrected chi connectivity index (χ4v) is 3.94. The van der Waals surface area contributed by atoms with Crippen LogP contribution in [0, 0.1) is 0 Å². The van der Waals surface area contributed by atoms with Crippen LogP contribution in [0.5, 0.6) is 0 Å². The van der Waals surface area contributed by atoms with Crippen molar-refractivity contribution in [1.82, 2.24) is 5.32 Å². The first-order valence-corrected chi connectivity index (χ1v) is 11.8. The van der Waals surface area contributed by atoms with Crippen molar-refractivity contribution < 1.29 is 43.5 Å². The van der Waals surface area contributed by atoms with Crippen molar-refractivity contribution in [3.8, 4) is 0 Å². The molecule has 0 radical (unpaired) electrons. The van der Waals surface area contributed by atoms with E-state index in [1.165, 1.54) is 14.0 Å². The molecule has 1 fully saturated rings. The highest BCUT2D eigenvalue weighted by Gasteiger charge is 2.56. The molecular weight excluding hydrogens is 458 g/mol. The third kappa shape index (κ3) is 8.23. The average Bonchev–Trinajstić information content (AvgIpc) is 2.81. The summed E-state index contributed by atoms with van der Waals surface area (Å²) < 4.78 is 28.5. The second-order valence-electron chi connectivity index (χ2n) is 9.19. The fraction of sp³-hybridized carbons (Fsp3) is 0.680. The van der Waals surface area contributed by atoms with Gasteiger partial charge in [0.25, 0.3) is 5.79 Å². The SMILES string of the molecule is COC(=O)[C@@]1(OCc2ccccc2)C[C@H](O)[C@@H](NC(C)=O)[C@H]([C@H](O)[C@@H](COC(C)C)OC(C)C)O1. The van der Waals surface area contributed by atoms with Gasteiger partial charge in [-0.25, -0.2) is 4.79 Å². The molecule has 2 rings (SSSR count). The van der Waals surface area contributed by atoms with Gasteiger partial charge in [-0.3, -0.25) is 4.79 Å². The van der Waals surface area contributed by atoms with Crippen molar-refractivity contribution in [2.24, 2.45) is 0 Å². The van der Waals surface area contributed by atoms with E-state index in [2.05, 4.69) is 5.32 Å². The molecule has 1 heterocycles. The zero-order chi connectivity index (χ0) is 26.2. The van der Waals surface area contributed by atoms with Crippen LogP contribution >= 0.6 is 0 Å². The number of aliphatic hydroxyl groups is 2. The van der Waals surface area contributed by atoms with Crippen LogP contribution < -0.4 is 5.32 Å². The summed E-state index contributed by atoms with van der Waals surface area (Å²) in [6.45, 7) is 8.60. The van der Waals surface area contributed by atoms with Crippen LogP contribution in [0.2, 0.25) is 0 Å². The Morgan fingerprint density at radius 1 is 1.17 bits per heavy atom. The lowest BCUT2D eigenvalue weighted by Crippen LogP contribution is -2.68. The lowest BCUT2D eigenvalue weighted by molar-refractivity contribution is -0.317. The van der Waals surface area contributed by atoms with E-state index in [9.17, 15) is 19.8 Å². The second kappa shape index (κ2) is 13.3. The Bertz CT molecular complexity index is 803. The Morgan fingerprint density at radius 3 is 2.37 bits per heavy atom. The molecule has 6 atom stereocenters. The number of rotatable bonds is 12. The molecule has 1 aromatic carbocycles. The van der Waals surface area contributed by atoms with Gasteiger partial charge in [-0.05, 0) is 33.3 Å². The number of esters is 1. The summed E-state index contributed by atoms with van der Waals surface area (Å²) in [5, 5.41) is 25.0. The van der Waals surface area contributed by atoms with Crippen LogP contribution in [-0.2, 0) is 39.9 Å². The van der Waals surface area contributed by atoms with Gasteiger partial charge in [-0.15, -0.1) is 0 Å². The van der Waals surface area contributed by atoms with Gasteiger partial charge in [0.1, 0.15) is 18.3 Å². The second-order valence-corrected chi connectivity index (χ2v) is 9.19. The summed E-state index contributed by atoms with van der Waals surface area (Å²) in [5.41, 5.74) is 0.765. The van der Waals surface area contributed by atoms with Crippen LogP contribution in [0.15, 0.2) is 30.3 Å². The van der Waals surface area contributed by atoms with E-state index < -0.39 is 48.1 Å². The maximum Gasteiger partial charge on any atom is 0.366 e. The van der Waals surface area contributed by atoms with Gasteiger partial charge in [-0.1, -0.05) is 30.3 Å². The minimum absolute atomic E-state index is 0.0152. The van der Waals surface area contributed by atoms with E-state index in [-0.39, 0.29) is 31.8 Å². The zero-order valence-electron chi connectivity index (χ0n) is 21.3. The van der Waals surface area contributed by atoms with Gasteiger partial charge in [0.05, 0.1) is 44.7 Å². The smallest absolute Gasteiger partial charge is 0.366 e. The predicted octanol–water partition coefficient (Wildman–Crippen LogP) is 1.31. The Hall–Kier alpha value is -2.08. The highest BCUT2D eigenvalue weighted by atomic mass is 16.7. The van der Waals surface area contributed by atoms with Crippen LogP contribution in [0.3, 0.4) is 0 Å². The predicted molar refractivity (Wildman–Crippen MR) is 126 cm³/mol. The minimum atomic E-state index is -2.02. The van der Waals surface area contributed by atoms with E-state index in [0.717, 1.165) is 5.56 Å². The third-order valence-corrected chi connectivity index (χ3v) is 5.51. The number of ether oxygens (including phenoxy) is 5. The summed E-state index contributed by atoms with van der Waals surface area (Å²) in [7, 11) is 1.18. The topological polar surface area (TPSA) is 133 Å². The lowest BCUT2D eigenvalue weighted by atomic mass is 9.88. The molecular formula is C25H39NO9. The van der Waals surface area contributed by atoms with E-state index in [0.29, 0.717) is 0 Å². The molecule has 0 unspecified atom stereocenters. The minimum Gasteiger partial charge on any atom is -0.465 e. The molecule has 198 valence electrons. The molecule has 0 saturated carbocycles. The van der Waals surface area contributed by atoms with Crippen LogP contribution in [-0.4, -0.2) is 84.3 Å².